The van der Waals surface area contributed by atoms with Crippen LogP contribution in [-0.2, 0) is 24.3 Å². The van der Waals surface area contributed by atoms with Gasteiger partial charge in [-0.05, 0) is 32.0 Å². The molecule has 2 atom stereocenters. The van der Waals surface area contributed by atoms with Crippen LogP contribution in [-0.4, -0.2) is 63.6 Å². The van der Waals surface area contributed by atoms with Crippen molar-refractivity contribution in [1.29, 1.82) is 0 Å². The average Bonchev–Trinajstić information content (AvgIpc) is 2.58. The number of amides is 1. The lowest BCUT2D eigenvalue weighted by molar-refractivity contribution is -0.123. The summed E-state index contributed by atoms with van der Waals surface area (Å²) in [6.07, 6.45) is -0.418. The smallest absolute Gasteiger partial charge is 0.338 e. The second kappa shape index (κ2) is 7.94. The second-order valence-corrected chi connectivity index (χ2v) is 7.79. The van der Waals surface area contributed by atoms with Gasteiger partial charge in [0.15, 0.2) is 6.61 Å². The lowest BCUT2D eigenvalue weighted by Crippen LogP contribution is -2.48. The van der Waals surface area contributed by atoms with E-state index in [-0.39, 0.29) is 35.8 Å². The molecule has 1 heterocycles. The highest BCUT2D eigenvalue weighted by Crippen LogP contribution is 2.22. The van der Waals surface area contributed by atoms with Crippen LogP contribution in [0.1, 0.15) is 24.2 Å². The van der Waals surface area contributed by atoms with Crippen molar-refractivity contribution in [3.05, 3.63) is 29.8 Å². The fourth-order valence-corrected chi connectivity index (χ4v) is 4.18. The van der Waals surface area contributed by atoms with E-state index in [4.69, 9.17) is 9.47 Å². The summed E-state index contributed by atoms with van der Waals surface area (Å²) < 4.78 is 37.4. The first-order valence-electron chi connectivity index (χ1n) is 7.87. The number of hydrogen-bond acceptors (Lipinski definition) is 6. The molecule has 9 heteroatoms. The van der Waals surface area contributed by atoms with Gasteiger partial charge in [0.05, 0.1) is 22.7 Å². The van der Waals surface area contributed by atoms with E-state index in [9.17, 15) is 18.0 Å². The molecule has 1 N–H and O–H groups in total. The van der Waals surface area contributed by atoms with Crippen LogP contribution in [0.15, 0.2) is 29.2 Å². The third-order valence-electron chi connectivity index (χ3n) is 3.71. The predicted octanol–water partition coefficient (Wildman–Crippen LogP) is 0.387. The van der Waals surface area contributed by atoms with E-state index in [0.29, 0.717) is 0 Å². The van der Waals surface area contributed by atoms with Gasteiger partial charge in [-0.3, -0.25) is 4.79 Å². The number of esters is 1. The van der Waals surface area contributed by atoms with E-state index in [2.05, 4.69) is 5.32 Å². The van der Waals surface area contributed by atoms with Crippen LogP contribution in [0.4, 0.5) is 0 Å². The van der Waals surface area contributed by atoms with E-state index in [1.54, 1.807) is 0 Å². The first-order chi connectivity index (χ1) is 11.7. The largest absolute Gasteiger partial charge is 0.452 e. The Balaban J connectivity index is 2.19. The summed E-state index contributed by atoms with van der Waals surface area (Å²) in [5.74, 6) is -1.21. The van der Waals surface area contributed by atoms with Crippen LogP contribution < -0.4 is 5.32 Å². The number of benzene rings is 1. The fourth-order valence-electron chi connectivity index (χ4n) is 2.55. The fraction of sp³-hybridized carbons (Fsp3) is 0.500. The predicted molar refractivity (Wildman–Crippen MR) is 89.6 cm³/mol. The summed E-state index contributed by atoms with van der Waals surface area (Å²) in [5, 5.41) is 2.33. The van der Waals surface area contributed by atoms with Crippen LogP contribution in [0, 0.1) is 0 Å². The Morgan fingerprint density at radius 1 is 1.28 bits per heavy atom. The van der Waals surface area contributed by atoms with Crippen molar-refractivity contribution in [2.75, 3.05) is 26.7 Å². The SMILES string of the molecule is CNC(=O)COC(=O)c1cccc(S(=O)(=O)N2C[C@H](C)O[C@@H](C)C2)c1. The van der Waals surface area contributed by atoms with Crippen molar-refractivity contribution in [1.82, 2.24) is 9.62 Å². The number of carbonyl (C=O) groups is 2. The molecule has 25 heavy (non-hydrogen) atoms. The van der Waals surface area contributed by atoms with Crippen molar-refractivity contribution in [2.24, 2.45) is 0 Å². The molecule has 138 valence electrons. The minimum absolute atomic E-state index is 0.00296. The molecule has 0 aromatic heterocycles. The molecule has 1 amide bonds. The number of nitrogens with zero attached hydrogens (tertiary/aromatic N) is 1. The molecule has 1 saturated heterocycles. The zero-order chi connectivity index (χ0) is 18.6. The Kier molecular flexibility index (Phi) is 6.15. The summed E-state index contributed by atoms with van der Waals surface area (Å²) in [6.45, 7) is 3.69. The summed E-state index contributed by atoms with van der Waals surface area (Å²) in [4.78, 5) is 23.1. The number of nitrogens with one attached hydrogen (secondary N) is 1. The molecule has 0 spiro atoms. The van der Waals surface area contributed by atoms with Gasteiger partial charge in [-0.15, -0.1) is 0 Å². The molecule has 0 saturated carbocycles. The number of ether oxygens (including phenoxy) is 2. The van der Waals surface area contributed by atoms with E-state index in [0.717, 1.165) is 0 Å². The number of rotatable bonds is 5. The molecule has 2 rings (SSSR count). The molecule has 0 bridgehead atoms. The van der Waals surface area contributed by atoms with E-state index < -0.39 is 28.5 Å². The number of likely N-dealkylation sites (N-methyl/N-ethyl adjacent to an activating group) is 1. The normalized spacial score (nSPS) is 21.6. The highest BCUT2D eigenvalue weighted by molar-refractivity contribution is 7.89. The third kappa shape index (κ3) is 4.77. The molecule has 8 nitrogen and oxygen atoms in total. The number of sulfonamides is 1. The summed E-state index contributed by atoms with van der Waals surface area (Å²) >= 11 is 0. The monoisotopic (exact) mass is 370 g/mol. The lowest BCUT2D eigenvalue weighted by Gasteiger charge is -2.34. The molecule has 1 aromatic rings. The van der Waals surface area contributed by atoms with Crippen molar-refractivity contribution in [3.63, 3.8) is 0 Å². The minimum Gasteiger partial charge on any atom is -0.452 e. The van der Waals surface area contributed by atoms with Crippen molar-refractivity contribution in [3.8, 4) is 0 Å². The topological polar surface area (TPSA) is 102 Å². The highest BCUT2D eigenvalue weighted by atomic mass is 32.2. The molecule has 0 aliphatic carbocycles. The summed E-state index contributed by atoms with van der Waals surface area (Å²) in [5.41, 5.74) is 0.0688. The van der Waals surface area contributed by atoms with E-state index in [1.165, 1.54) is 35.6 Å². The third-order valence-corrected chi connectivity index (χ3v) is 5.53. The van der Waals surface area contributed by atoms with Crippen molar-refractivity contribution >= 4 is 21.9 Å². The Morgan fingerprint density at radius 3 is 2.52 bits per heavy atom. The highest BCUT2D eigenvalue weighted by Gasteiger charge is 2.32. The van der Waals surface area contributed by atoms with Gasteiger partial charge in [0.2, 0.25) is 10.0 Å². The van der Waals surface area contributed by atoms with Crippen LogP contribution in [0.3, 0.4) is 0 Å². The molecule has 1 fully saturated rings. The van der Waals surface area contributed by atoms with Crippen LogP contribution in [0.25, 0.3) is 0 Å². The van der Waals surface area contributed by atoms with Gasteiger partial charge in [-0.25, -0.2) is 13.2 Å². The van der Waals surface area contributed by atoms with Crippen LogP contribution in [0.2, 0.25) is 0 Å². The summed E-state index contributed by atoms with van der Waals surface area (Å²) in [7, 11) is -2.33. The molecular weight excluding hydrogens is 348 g/mol. The zero-order valence-electron chi connectivity index (χ0n) is 14.4. The van der Waals surface area contributed by atoms with E-state index in [1.807, 2.05) is 13.8 Å². The lowest BCUT2D eigenvalue weighted by atomic mass is 10.2. The van der Waals surface area contributed by atoms with Gasteiger partial charge in [0.1, 0.15) is 0 Å². The average molecular weight is 370 g/mol. The molecular formula is C16H22N2O6S. The number of hydrogen-bond donors (Lipinski definition) is 1. The van der Waals surface area contributed by atoms with Gasteiger partial charge in [0.25, 0.3) is 5.91 Å². The van der Waals surface area contributed by atoms with Gasteiger partial charge >= 0.3 is 5.97 Å². The zero-order valence-corrected chi connectivity index (χ0v) is 15.2. The van der Waals surface area contributed by atoms with Gasteiger partial charge in [-0.2, -0.15) is 4.31 Å². The summed E-state index contributed by atoms with van der Waals surface area (Å²) in [6, 6.07) is 5.59. The molecule has 1 aromatic carbocycles. The quantitative estimate of drug-likeness (QED) is 0.752. The molecule has 1 aliphatic rings. The maximum absolute atomic E-state index is 12.8. The maximum atomic E-state index is 12.8. The molecule has 0 unspecified atom stereocenters. The first kappa shape index (κ1) is 19.4. The minimum atomic E-state index is -3.75. The van der Waals surface area contributed by atoms with Crippen molar-refractivity contribution < 1.29 is 27.5 Å². The Hall–Kier alpha value is -1.97. The Morgan fingerprint density at radius 2 is 1.92 bits per heavy atom. The van der Waals surface area contributed by atoms with Crippen LogP contribution >= 0.6 is 0 Å². The molecule has 1 aliphatic heterocycles. The van der Waals surface area contributed by atoms with E-state index >= 15 is 0 Å². The number of morpholine rings is 1. The second-order valence-electron chi connectivity index (χ2n) is 5.86. The Labute approximate surface area is 147 Å². The van der Waals surface area contributed by atoms with Crippen molar-refractivity contribution in [2.45, 2.75) is 31.0 Å². The van der Waals surface area contributed by atoms with Gasteiger partial charge < -0.3 is 14.8 Å². The standard InChI is InChI=1S/C16H22N2O6S/c1-11-8-18(9-12(2)24-11)25(21,22)14-6-4-5-13(7-14)16(20)23-10-15(19)17-3/h4-7,11-12H,8-10H2,1-3H3,(H,17,19)/t11-,12-/m0/s1. The maximum Gasteiger partial charge on any atom is 0.338 e. The van der Waals surface area contributed by atoms with Gasteiger partial charge in [-0.1, -0.05) is 6.07 Å². The number of carbonyl (C=O) groups excluding carboxylic acids is 2. The van der Waals surface area contributed by atoms with Crippen LogP contribution in [0.5, 0.6) is 0 Å². The first-order valence-corrected chi connectivity index (χ1v) is 9.31. The Bertz CT molecular complexity index is 739. The van der Waals surface area contributed by atoms with Gasteiger partial charge in [0, 0.05) is 20.1 Å². The molecule has 0 radical (unpaired) electrons.